The van der Waals surface area contributed by atoms with Gasteiger partial charge in [0.1, 0.15) is 6.61 Å². The van der Waals surface area contributed by atoms with Gasteiger partial charge in [-0.25, -0.2) is 19.1 Å². The van der Waals surface area contributed by atoms with Crippen molar-refractivity contribution in [3.8, 4) is 0 Å². The number of allylic oxidation sites excluding steroid dienone is 1. The van der Waals surface area contributed by atoms with Crippen LogP contribution in [0.15, 0.2) is 57.6 Å². The van der Waals surface area contributed by atoms with Crippen molar-refractivity contribution in [2.24, 2.45) is 9.98 Å². The van der Waals surface area contributed by atoms with Crippen molar-refractivity contribution < 1.29 is 19.1 Å². The maximum Gasteiger partial charge on any atom is 0.315 e. The van der Waals surface area contributed by atoms with E-state index in [0.717, 1.165) is 4.73 Å². The summed E-state index contributed by atoms with van der Waals surface area (Å²) >= 11 is 3.20. The smallest absolute Gasteiger partial charge is 0.315 e. The maximum absolute atomic E-state index is 13.5. The van der Waals surface area contributed by atoms with E-state index >= 15 is 0 Å². The van der Waals surface area contributed by atoms with Crippen LogP contribution in [0.1, 0.15) is 18.2 Å². The van der Waals surface area contributed by atoms with Crippen LogP contribution < -0.4 is 10.3 Å². The number of hydrogen-bond donors (Lipinski definition) is 1. The van der Waals surface area contributed by atoms with Crippen LogP contribution in [0.5, 0.6) is 0 Å². The molecule has 0 aliphatic carbocycles. The van der Waals surface area contributed by atoms with Crippen molar-refractivity contribution in [3.05, 3.63) is 64.5 Å². The molecule has 0 radical (unpaired) electrons. The molecule has 0 aliphatic rings. The molecule has 28 heavy (non-hydrogen) atoms. The number of rotatable bonds is 6. The van der Waals surface area contributed by atoms with E-state index in [4.69, 9.17) is 4.74 Å². The number of pyridine rings is 1. The molecule has 2 rings (SSSR count). The van der Waals surface area contributed by atoms with Gasteiger partial charge in [-0.05, 0) is 76.5 Å². The summed E-state index contributed by atoms with van der Waals surface area (Å²) in [6.07, 6.45) is 4.40. The fourth-order valence-corrected chi connectivity index (χ4v) is 2.35. The molecule has 2 aromatic heterocycles. The van der Waals surface area contributed by atoms with E-state index < -0.39 is 1.68 Å². The molecular formula is C17H17FI2N5O3+. The first-order chi connectivity index (χ1) is 13.2. The van der Waals surface area contributed by atoms with Crippen molar-refractivity contribution >= 4 is 63.5 Å². The van der Waals surface area contributed by atoms with Crippen LogP contribution in [0.25, 0.3) is 5.57 Å². The molecule has 0 aromatic carbocycles. The van der Waals surface area contributed by atoms with E-state index in [1.165, 1.54) is 29.3 Å². The van der Waals surface area contributed by atoms with E-state index in [9.17, 15) is 14.4 Å². The van der Waals surface area contributed by atoms with Gasteiger partial charge in [-0.15, -0.1) is 0 Å². The number of hydrogen-bond acceptors (Lipinski definition) is 5. The molecule has 0 atom stereocenters. The summed E-state index contributed by atoms with van der Waals surface area (Å²) in [6, 6.07) is 6.32. The second-order valence-electron chi connectivity index (χ2n) is 5.59. The second kappa shape index (κ2) is 10.0. The molecular weight excluding hydrogens is 595 g/mol. The molecule has 2 heterocycles. The SMILES string of the molecule is C=NC(=N/C=C(\C)c1ccc(=O)n(Cc2ccc[n+](O)c2)n1)OCC(F)(I)I. The Bertz CT molecular complexity index is 970. The topological polar surface area (TPSA) is 93.0 Å². The largest absolute Gasteiger partial charge is 0.458 e. The van der Waals surface area contributed by atoms with Crippen LogP contribution >= 0.6 is 45.2 Å². The number of aromatic nitrogens is 3. The van der Waals surface area contributed by atoms with Gasteiger partial charge < -0.3 is 4.74 Å². The molecule has 0 saturated heterocycles. The van der Waals surface area contributed by atoms with E-state index in [1.54, 1.807) is 70.3 Å². The Kier molecular flexibility index (Phi) is 8.03. The average molecular weight is 612 g/mol. The van der Waals surface area contributed by atoms with Gasteiger partial charge in [0.15, 0.2) is 0 Å². The summed E-state index contributed by atoms with van der Waals surface area (Å²) in [7, 11) is 0. The van der Waals surface area contributed by atoms with Crippen LogP contribution in [0.4, 0.5) is 4.39 Å². The van der Waals surface area contributed by atoms with Crippen molar-refractivity contribution in [3.63, 3.8) is 0 Å². The number of amidine groups is 1. The van der Waals surface area contributed by atoms with Gasteiger partial charge >= 0.3 is 6.02 Å². The first-order valence-electron chi connectivity index (χ1n) is 7.87. The van der Waals surface area contributed by atoms with Crippen LogP contribution in [0.3, 0.4) is 0 Å². The maximum atomic E-state index is 13.5. The third-order valence-electron chi connectivity index (χ3n) is 3.32. The predicted molar refractivity (Wildman–Crippen MR) is 120 cm³/mol. The highest BCUT2D eigenvalue weighted by Gasteiger charge is 2.22. The Labute approximate surface area is 187 Å². The first-order valence-corrected chi connectivity index (χ1v) is 10.0. The summed E-state index contributed by atoms with van der Waals surface area (Å²) in [5.41, 5.74) is 1.57. The molecule has 0 unspecified atom stereocenters. The minimum absolute atomic E-state index is 0.0696. The van der Waals surface area contributed by atoms with Crippen LogP contribution in [0, 0.1) is 0 Å². The van der Waals surface area contributed by atoms with Crippen molar-refractivity contribution in [2.75, 3.05) is 6.61 Å². The highest BCUT2D eigenvalue weighted by Crippen LogP contribution is 2.29. The summed E-state index contributed by atoms with van der Waals surface area (Å²) in [5.74, 6) is 0. The van der Waals surface area contributed by atoms with Crippen molar-refractivity contribution in [1.29, 1.82) is 0 Å². The Morgan fingerprint density at radius 3 is 2.89 bits per heavy atom. The standard InChI is InChI=1S/C17H17FI2N5O3/c1-12(8-22-16(21-2)28-11-17(18,19)20)14-5-6-15(26)25(23-14)10-13-4-3-7-24(27)9-13/h3-9,27H,2,10-11H2,1H3/q+1/b12-8+,22-16?. The van der Waals surface area contributed by atoms with E-state index in [0.29, 0.717) is 16.8 Å². The highest BCUT2D eigenvalue weighted by molar-refractivity contribution is 14.2. The lowest BCUT2D eigenvalue weighted by molar-refractivity contribution is -0.905. The van der Waals surface area contributed by atoms with Crippen LogP contribution in [-0.4, -0.2) is 36.0 Å². The Morgan fingerprint density at radius 1 is 1.50 bits per heavy atom. The quantitative estimate of drug-likeness (QED) is 0.136. The van der Waals surface area contributed by atoms with E-state index in [-0.39, 0.29) is 24.7 Å². The van der Waals surface area contributed by atoms with Crippen molar-refractivity contribution in [2.45, 2.75) is 15.2 Å². The molecule has 148 valence electrons. The molecule has 8 nitrogen and oxygen atoms in total. The lowest BCUT2D eigenvalue weighted by atomic mass is 10.2. The Balaban J connectivity index is 2.22. The molecule has 0 amide bonds. The fraction of sp³-hybridized carbons (Fsp3) is 0.235. The number of halogens is 3. The fourth-order valence-electron chi connectivity index (χ4n) is 2.04. The summed E-state index contributed by atoms with van der Waals surface area (Å²) in [4.78, 5) is 19.7. The molecule has 0 aliphatic heterocycles. The monoisotopic (exact) mass is 612 g/mol. The normalized spacial score (nSPS) is 12.7. The third kappa shape index (κ3) is 7.26. The number of nitrogens with zero attached hydrogens (tertiary/aromatic N) is 5. The molecule has 0 bridgehead atoms. The molecule has 1 N–H and O–H groups in total. The minimum atomic E-state index is -1.58. The number of aliphatic imine (C=N–C) groups is 2. The molecule has 0 spiro atoms. The lowest BCUT2D eigenvalue weighted by Crippen LogP contribution is -2.30. The van der Waals surface area contributed by atoms with Gasteiger partial charge in [-0.3, -0.25) is 10.0 Å². The lowest BCUT2D eigenvalue weighted by Gasteiger charge is -2.10. The molecule has 0 saturated carbocycles. The Morgan fingerprint density at radius 2 is 2.25 bits per heavy atom. The Hall–Kier alpha value is -1.90. The van der Waals surface area contributed by atoms with Gasteiger partial charge in [0, 0.05) is 28.6 Å². The van der Waals surface area contributed by atoms with Crippen LogP contribution in [0.2, 0.25) is 0 Å². The zero-order valence-corrected chi connectivity index (χ0v) is 19.1. The van der Waals surface area contributed by atoms with Crippen molar-refractivity contribution in [1.82, 2.24) is 9.78 Å². The summed E-state index contributed by atoms with van der Waals surface area (Å²) < 4.78 is 19.3. The zero-order valence-electron chi connectivity index (χ0n) is 14.8. The van der Waals surface area contributed by atoms with E-state index in [2.05, 4.69) is 21.8 Å². The van der Waals surface area contributed by atoms with E-state index in [1.807, 2.05) is 0 Å². The zero-order chi connectivity index (χ0) is 20.7. The molecule has 0 fully saturated rings. The molecule has 2 aromatic rings. The average Bonchev–Trinajstić information content (AvgIpc) is 2.62. The van der Waals surface area contributed by atoms with Gasteiger partial charge in [-0.1, -0.05) is 0 Å². The summed E-state index contributed by atoms with van der Waals surface area (Å²) in [6.45, 7) is 5.06. The predicted octanol–water partition coefficient (Wildman–Crippen LogP) is 2.74. The molecule has 11 heteroatoms. The van der Waals surface area contributed by atoms with Gasteiger partial charge in [-0.2, -0.15) is 5.10 Å². The van der Waals surface area contributed by atoms with Crippen LogP contribution in [-0.2, 0) is 11.3 Å². The third-order valence-corrected chi connectivity index (χ3v) is 3.94. The summed E-state index contributed by atoms with van der Waals surface area (Å²) in [5, 5.41) is 13.8. The first kappa shape index (κ1) is 22.4. The number of ether oxygens (including phenoxy) is 1. The minimum Gasteiger partial charge on any atom is -0.458 e. The highest BCUT2D eigenvalue weighted by atomic mass is 127. The van der Waals surface area contributed by atoms with Gasteiger partial charge in [0.05, 0.1) is 12.2 Å². The second-order valence-corrected chi connectivity index (χ2v) is 11.1. The van der Waals surface area contributed by atoms with Gasteiger partial charge in [0.25, 0.3) is 5.56 Å². The van der Waals surface area contributed by atoms with Gasteiger partial charge in [0.2, 0.25) is 14.1 Å². The number of alkyl halides is 3.